The van der Waals surface area contributed by atoms with Crippen LogP contribution in [0.1, 0.15) is 12.6 Å². The zero-order valence-electron chi connectivity index (χ0n) is 6.44. The Bertz CT molecular complexity index is 220. The lowest BCUT2D eigenvalue weighted by Crippen LogP contribution is -2.22. The van der Waals surface area contributed by atoms with Crippen LogP contribution in [-0.4, -0.2) is 26.1 Å². The first-order valence-corrected chi connectivity index (χ1v) is 3.48. The SMILES string of the molecule is CC(N)Cn1cc(CO)nn1. The summed E-state index contributed by atoms with van der Waals surface area (Å²) < 4.78 is 1.62. The maximum atomic E-state index is 8.64. The van der Waals surface area contributed by atoms with Crippen LogP contribution in [0.4, 0.5) is 0 Å². The Morgan fingerprint density at radius 3 is 3.00 bits per heavy atom. The van der Waals surface area contributed by atoms with Gasteiger partial charge < -0.3 is 10.8 Å². The van der Waals surface area contributed by atoms with Crippen molar-refractivity contribution >= 4 is 0 Å². The summed E-state index contributed by atoms with van der Waals surface area (Å²) in [6.07, 6.45) is 1.68. The average molecular weight is 156 g/mol. The lowest BCUT2D eigenvalue weighted by Gasteiger charge is -2.01. The molecule has 1 heterocycles. The van der Waals surface area contributed by atoms with Gasteiger partial charge in [-0.25, -0.2) is 0 Å². The fourth-order valence-electron chi connectivity index (χ4n) is 0.795. The Labute approximate surface area is 64.8 Å². The fraction of sp³-hybridized carbons (Fsp3) is 0.667. The first kappa shape index (κ1) is 8.16. The maximum Gasteiger partial charge on any atom is 0.108 e. The lowest BCUT2D eigenvalue weighted by atomic mass is 10.4. The molecule has 1 aromatic heterocycles. The van der Waals surface area contributed by atoms with Gasteiger partial charge >= 0.3 is 0 Å². The summed E-state index contributed by atoms with van der Waals surface area (Å²) in [4.78, 5) is 0. The van der Waals surface area contributed by atoms with Crippen molar-refractivity contribution in [2.75, 3.05) is 0 Å². The van der Waals surface area contributed by atoms with E-state index in [0.29, 0.717) is 12.2 Å². The molecule has 5 nitrogen and oxygen atoms in total. The number of aliphatic hydroxyl groups is 1. The Balaban J connectivity index is 2.58. The molecule has 0 aliphatic rings. The van der Waals surface area contributed by atoms with Gasteiger partial charge in [0.05, 0.1) is 19.3 Å². The Hall–Kier alpha value is -0.940. The molecule has 0 bridgehead atoms. The summed E-state index contributed by atoms with van der Waals surface area (Å²) in [5, 5.41) is 16.1. The molecule has 1 aromatic rings. The Morgan fingerprint density at radius 2 is 2.55 bits per heavy atom. The molecule has 0 aliphatic heterocycles. The molecule has 0 amide bonds. The largest absolute Gasteiger partial charge is 0.390 e. The highest BCUT2D eigenvalue weighted by molar-refractivity contribution is 4.89. The number of nitrogens with two attached hydrogens (primary N) is 1. The number of aromatic nitrogens is 3. The Morgan fingerprint density at radius 1 is 1.82 bits per heavy atom. The van der Waals surface area contributed by atoms with E-state index in [9.17, 15) is 0 Å². The van der Waals surface area contributed by atoms with Crippen LogP contribution in [0, 0.1) is 0 Å². The van der Waals surface area contributed by atoms with E-state index in [0.717, 1.165) is 0 Å². The van der Waals surface area contributed by atoms with Crippen LogP contribution >= 0.6 is 0 Å². The van der Waals surface area contributed by atoms with Crippen LogP contribution in [0.3, 0.4) is 0 Å². The van der Waals surface area contributed by atoms with Gasteiger partial charge in [-0.15, -0.1) is 5.10 Å². The van der Waals surface area contributed by atoms with E-state index in [1.165, 1.54) is 0 Å². The van der Waals surface area contributed by atoms with Crippen molar-refractivity contribution in [3.63, 3.8) is 0 Å². The van der Waals surface area contributed by atoms with Crippen LogP contribution in [0.2, 0.25) is 0 Å². The molecule has 0 fully saturated rings. The zero-order valence-corrected chi connectivity index (χ0v) is 6.44. The number of hydrogen-bond acceptors (Lipinski definition) is 4. The number of nitrogens with zero attached hydrogens (tertiary/aromatic N) is 3. The topological polar surface area (TPSA) is 77.0 Å². The van der Waals surface area contributed by atoms with Gasteiger partial charge in [0, 0.05) is 6.04 Å². The van der Waals surface area contributed by atoms with E-state index in [-0.39, 0.29) is 12.6 Å². The molecule has 62 valence electrons. The van der Waals surface area contributed by atoms with Crippen molar-refractivity contribution in [3.05, 3.63) is 11.9 Å². The van der Waals surface area contributed by atoms with Crippen LogP contribution < -0.4 is 5.73 Å². The van der Waals surface area contributed by atoms with Gasteiger partial charge in [0.25, 0.3) is 0 Å². The van der Waals surface area contributed by atoms with Crippen LogP contribution in [0.25, 0.3) is 0 Å². The van der Waals surface area contributed by atoms with E-state index in [4.69, 9.17) is 10.8 Å². The van der Waals surface area contributed by atoms with Gasteiger partial charge in [-0.3, -0.25) is 4.68 Å². The zero-order chi connectivity index (χ0) is 8.27. The van der Waals surface area contributed by atoms with Crippen molar-refractivity contribution in [1.29, 1.82) is 0 Å². The second-order valence-electron chi connectivity index (χ2n) is 2.57. The van der Waals surface area contributed by atoms with Gasteiger partial charge in [-0.05, 0) is 6.92 Å². The van der Waals surface area contributed by atoms with Gasteiger partial charge in [-0.1, -0.05) is 5.21 Å². The number of aliphatic hydroxyl groups excluding tert-OH is 1. The minimum Gasteiger partial charge on any atom is -0.390 e. The predicted molar refractivity (Wildman–Crippen MR) is 39.6 cm³/mol. The minimum absolute atomic E-state index is 0.0586. The molecule has 5 heteroatoms. The molecule has 0 saturated carbocycles. The predicted octanol–water partition coefficient (Wildman–Crippen LogP) is -0.882. The van der Waals surface area contributed by atoms with Gasteiger partial charge in [-0.2, -0.15) is 0 Å². The second-order valence-corrected chi connectivity index (χ2v) is 2.57. The second kappa shape index (κ2) is 3.45. The van der Waals surface area contributed by atoms with Crippen molar-refractivity contribution < 1.29 is 5.11 Å². The van der Waals surface area contributed by atoms with Gasteiger partial charge in [0.15, 0.2) is 0 Å². The molecule has 1 rings (SSSR count). The van der Waals surface area contributed by atoms with Crippen LogP contribution in [0.15, 0.2) is 6.20 Å². The molecule has 0 aliphatic carbocycles. The third-order valence-corrected chi connectivity index (χ3v) is 1.22. The first-order chi connectivity index (χ1) is 5.22. The highest BCUT2D eigenvalue weighted by atomic mass is 16.3. The monoisotopic (exact) mass is 156 g/mol. The van der Waals surface area contributed by atoms with Crippen molar-refractivity contribution in [3.8, 4) is 0 Å². The summed E-state index contributed by atoms with van der Waals surface area (Å²) in [6.45, 7) is 2.45. The normalized spacial score (nSPS) is 13.4. The molecule has 0 spiro atoms. The summed E-state index contributed by atoms with van der Waals surface area (Å²) in [5.41, 5.74) is 6.10. The van der Waals surface area contributed by atoms with E-state index in [1.807, 2.05) is 6.92 Å². The molecule has 0 aromatic carbocycles. The Kier molecular flexibility index (Phi) is 2.56. The molecule has 3 N–H and O–H groups in total. The molecule has 1 atom stereocenters. The average Bonchev–Trinajstić information content (AvgIpc) is 2.34. The smallest absolute Gasteiger partial charge is 0.108 e. The summed E-state index contributed by atoms with van der Waals surface area (Å²) in [7, 11) is 0. The molecule has 0 radical (unpaired) electrons. The summed E-state index contributed by atoms with van der Waals surface area (Å²) in [6, 6.07) is 0.0586. The highest BCUT2D eigenvalue weighted by Crippen LogP contribution is 1.92. The summed E-state index contributed by atoms with van der Waals surface area (Å²) in [5.74, 6) is 0. The molecule has 1 unspecified atom stereocenters. The van der Waals surface area contributed by atoms with E-state index in [2.05, 4.69) is 10.3 Å². The fourth-order valence-corrected chi connectivity index (χ4v) is 0.795. The lowest BCUT2D eigenvalue weighted by molar-refractivity contribution is 0.276. The third kappa shape index (κ3) is 2.28. The van der Waals surface area contributed by atoms with Gasteiger partial charge in [0.2, 0.25) is 0 Å². The first-order valence-electron chi connectivity index (χ1n) is 3.48. The standard InChI is InChI=1S/C6H12N4O/c1-5(7)2-10-3-6(4-11)8-9-10/h3,5,11H,2,4,7H2,1H3. The number of hydrogen-bond donors (Lipinski definition) is 2. The van der Waals surface area contributed by atoms with Crippen LogP contribution in [0.5, 0.6) is 0 Å². The number of rotatable bonds is 3. The molecular formula is C6H12N4O. The minimum atomic E-state index is -0.0705. The third-order valence-electron chi connectivity index (χ3n) is 1.22. The highest BCUT2D eigenvalue weighted by Gasteiger charge is 2.00. The van der Waals surface area contributed by atoms with Gasteiger partial charge in [0.1, 0.15) is 5.69 Å². The quantitative estimate of drug-likeness (QED) is 0.595. The van der Waals surface area contributed by atoms with E-state index < -0.39 is 0 Å². The van der Waals surface area contributed by atoms with E-state index >= 15 is 0 Å². The molecule has 11 heavy (non-hydrogen) atoms. The van der Waals surface area contributed by atoms with E-state index in [1.54, 1.807) is 10.9 Å². The molecular weight excluding hydrogens is 144 g/mol. The maximum absolute atomic E-state index is 8.64. The summed E-state index contributed by atoms with van der Waals surface area (Å²) >= 11 is 0. The van der Waals surface area contributed by atoms with Crippen molar-refractivity contribution in [1.82, 2.24) is 15.0 Å². The molecule has 0 saturated heterocycles. The van der Waals surface area contributed by atoms with Crippen LogP contribution in [-0.2, 0) is 13.2 Å². The van der Waals surface area contributed by atoms with Crippen molar-refractivity contribution in [2.45, 2.75) is 26.1 Å². The van der Waals surface area contributed by atoms with Crippen molar-refractivity contribution in [2.24, 2.45) is 5.73 Å².